The minimum absolute atomic E-state index is 0.0642. The van der Waals surface area contributed by atoms with E-state index in [1.54, 1.807) is 31.6 Å². The third-order valence-corrected chi connectivity index (χ3v) is 9.30. The van der Waals surface area contributed by atoms with Gasteiger partial charge in [0.2, 0.25) is 0 Å². The number of carboxylic acid groups (broad SMARTS) is 1. The van der Waals surface area contributed by atoms with Crippen molar-refractivity contribution in [2.45, 2.75) is 38.2 Å². The average molecular weight is 1010 g/mol. The van der Waals surface area contributed by atoms with Gasteiger partial charge in [0, 0.05) is 24.5 Å². The van der Waals surface area contributed by atoms with Gasteiger partial charge in [-0.15, -0.1) is 5.10 Å². The van der Waals surface area contributed by atoms with Gasteiger partial charge in [-0.25, -0.2) is 27.5 Å². The Morgan fingerprint density at radius 1 is 1.07 bits per heavy atom. The maximum atomic E-state index is 14.3. The average Bonchev–Trinajstić information content (AvgIpc) is 3.66. The molecule has 0 saturated carbocycles. The Morgan fingerprint density at radius 3 is 2.13 bits per heavy atom. The number of nitrogens with zero attached hydrogens (tertiary/aromatic N) is 6. The van der Waals surface area contributed by atoms with E-state index < -0.39 is 93.1 Å². The Morgan fingerprint density at radius 2 is 1.64 bits per heavy atom. The van der Waals surface area contributed by atoms with Crippen LogP contribution < -0.4 is 14.9 Å². The van der Waals surface area contributed by atoms with Gasteiger partial charge >= 0.3 is 18.1 Å². The molecule has 0 saturated heterocycles. The number of anilines is 1. The number of fused-ring (bicyclic) bond motifs is 1. The molecule has 3 heterocycles. The van der Waals surface area contributed by atoms with Crippen LogP contribution in [0.5, 0.6) is 0 Å². The van der Waals surface area contributed by atoms with Crippen molar-refractivity contribution in [2.24, 2.45) is 7.05 Å². The van der Waals surface area contributed by atoms with Crippen LogP contribution in [0.25, 0.3) is 17.0 Å². The number of rotatable bonds is 10. The number of para-hydroxylation sites is 1. The molecule has 0 radical (unpaired) electrons. The fourth-order valence-electron chi connectivity index (χ4n) is 4.18. The van der Waals surface area contributed by atoms with Gasteiger partial charge < -0.3 is 24.2 Å². The lowest BCUT2D eigenvalue weighted by molar-refractivity contribution is -0.193. The number of alkyl halides is 3. The van der Waals surface area contributed by atoms with Crippen LogP contribution in [0, 0.1) is 24.4 Å². The molecule has 61 heavy (non-hydrogen) atoms. The summed E-state index contributed by atoms with van der Waals surface area (Å²) < 4.78 is 123. The van der Waals surface area contributed by atoms with Crippen molar-refractivity contribution in [1.29, 1.82) is 0 Å². The van der Waals surface area contributed by atoms with Crippen molar-refractivity contribution in [2.75, 3.05) is 36.3 Å². The third-order valence-electron chi connectivity index (χ3n) is 6.49. The topological polar surface area (TPSA) is 243 Å². The highest BCUT2D eigenvalue weighted by molar-refractivity contribution is 9.10. The maximum absolute atomic E-state index is 14.3. The van der Waals surface area contributed by atoms with Crippen molar-refractivity contribution >= 4 is 79.4 Å². The van der Waals surface area contributed by atoms with Crippen molar-refractivity contribution < 1.29 is 68.5 Å². The van der Waals surface area contributed by atoms with E-state index in [9.17, 15) is 53.8 Å². The molecule has 1 atom stereocenters. The molecule has 0 aliphatic heterocycles. The van der Waals surface area contributed by atoms with E-state index in [4.69, 9.17) is 26.3 Å². The number of ether oxygens (including phenoxy) is 1. The fourth-order valence-corrected chi connectivity index (χ4v) is 6.53. The predicted molar refractivity (Wildman–Crippen MR) is 215 cm³/mol. The number of benzene rings is 2. The number of hydrogen-bond acceptors (Lipinski definition) is 12. The SMILES string of the molecule is CC(C)OC(=O)c1cc(-c2nn(C)c(C(F)(F)F)c2Br)c(F)cc1Cl.C[S+](C)C.Cc1ccn2nc(S(=O)(=O)Nc3c(F)cccc3F)nc2n1.O=C(O)CNCP(=O)([O-])O. The third kappa shape index (κ3) is 16.5. The Labute approximate surface area is 360 Å². The molecule has 5 rings (SSSR count). The van der Waals surface area contributed by atoms with Gasteiger partial charge in [0.1, 0.15) is 36.4 Å². The van der Waals surface area contributed by atoms with E-state index in [0.29, 0.717) is 21.3 Å². The van der Waals surface area contributed by atoms with Gasteiger partial charge in [-0.05, 0) is 77.9 Å². The Bertz CT molecular complexity index is 2490. The van der Waals surface area contributed by atoms with Gasteiger partial charge in [0.15, 0.2) is 5.69 Å². The van der Waals surface area contributed by atoms with E-state index >= 15 is 0 Å². The molecule has 17 nitrogen and oxygen atoms in total. The van der Waals surface area contributed by atoms with E-state index in [0.717, 1.165) is 41.9 Å². The number of carboxylic acids is 1. The van der Waals surface area contributed by atoms with Gasteiger partial charge in [0.05, 0.1) is 52.8 Å². The van der Waals surface area contributed by atoms with E-state index in [1.165, 1.54) is 6.20 Å². The lowest BCUT2D eigenvalue weighted by Crippen LogP contribution is -2.25. The summed E-state index contributed by atoms with van der Waals surface area (Å²) in [6.07, 6.45) is 2.21. The number of aliphatic carboxylic acids is 1. The smallest absolute Gasteiger partial charge is 0.434 e. The van der Waals surface area contributed by atoms with Crippen molar-refractivity contribution in [3.63, 3.8) is 0 Å². The number of carbonyl (C=O) groups is 2. The van der Waals surface area contributed by atoms with Gasteiger partial charge in [-0.3, -0.25) is 19.5 Å². The monoisotopic (exact) mass is 1010 g/mol. The first-order valence-electron chi connectivity index (χ1n) is 16.6. The quantitative estimate of drug-likeness (QED) is 0.0593. The van der Waals surface area contributed by atoms with Crippen LogP contribution in [0.2, 0.25) is 5.02 Å². The summed E-state index contributed by atoms with van der Waals surface area (Å²) in [6.45, 7) is 4.45. The van der Waals surface area contributed by atoms with Crippen LogP contribution >= 0.6 is 35.1 Å². The molecule has 0 aliphatic rings. The Hall–Kier alpha value is -4.30. The van der Waals surface area contributed by atoms with Crippen LogP contribution in [0.15, 0.2) is 52.2 Å². The molecule has 2 aromatic carbocycles. The fraction of sp³-hybridized carbons (Fsp3) is 0.333. The second kappa shape index (κ2) is 22.2. The molecule has 0 aliphatic carbocycles. The van der Waals surface area contributed by atoms with Gasteiger partial charge in [-0.2, -0.15) is 31.7 Å². The summed E-state index contributed by atoms with van der Waals surface area (Å²) in [5, 5.41) is 16.6. The zero-order chi connectivity index (χ0) is 46.8. The van der Waals surface area contributed by atoms with E-state index in [2.05, 4.69) is 54.9 Å². The zero-order valence-corrected chi connectivity index (χ0v) is 37.6. The van der Waals surface area contributed by atoms with Crippen molar-refractivity contribution in [3.8, 4) is 11.3 Å². The van der Waals surface area contributed by atoms with Gasteiger partial charge in [-0.1, -0.05) is 17.7 Å². The molecule has 336 valence electrons. The summed E-state index contributed by atoms with van der Waals surface area (Å²) in [4.78, 5) is 47.6. The Kier molecular flexibility index (Phi) is 19.2. The minimum atomic E-state index is -4.69. The molecule has 1 unspecified atom stereocenters. The van der Waals surface area contributed by atoms with Crippen LogP contribution in [0.1, 0.15) is 35.6 Å². The highest BCUT2D eigenvalue weighted by Gasteiger charge is 2.39. The molecule has 3 aromatic heterocycles. The van der Waals surface area contributed by atoms with Crippen LogP contribution in [0.3, 0.4) is 0 Å². The van der Waals surface area contributed by atoms with Crippen molar-refractivity contribution in [3.05, 3.63) is 86.5 Å². The molecular weight excluding hydrogens is 977 g/mol. The number of esters is 1. The summed E-state index contributed by atoms with van der Waals surface area (Å²) in [7, 11) is -6.97. The normalized spacial score (nSPS) is 12.4. The van der Waals surface area contributed by atoms with Gasteiger partial charge in [0.25, 0.3) is 21.0 Å². The number of carbonyl (C=O) groups excluding carboxylic acids is 1. The second-order valence-corrected chi connectivity index (χ2v) is 19.5. The van der Waals surface area contributed by atoms with Crippen LogP contribution in [0.4, 0.5) is 32.0 Å². The highest BCUT2D eigenvalue weighted by atomic mass is 79.9. The lowest BCUT2D eigenvalue weighted by atomic mass is 10.1. The summed E-state index contributed by atoms with van der Waals surface area (Å²) in [6, 6.07) is 6.46. The predicted octanol–water partition coefficient (Wildman–Crippen LogP) is 5.40. The number of hydrogen-bond donors (Lipinski definition) is 4. The number of sulfonamides is 1. The van der Waals surface area contributed by atoms with E-state index in [1.807, 2.05) is 5.32 Å². The van der Waals surface area contributed by atoms with Crippen LogP contribution in [-0.4, -0.2) is 97.4 Å². The first-order chi connectivity index (χ1) is 27.9. The first-order valence-corrected chi connectivity index (χ1v) is 23.4. The molecule has 0 fully saturated rings. The summed E-state index contributed by atoms with van der Waals surface area (Å²) in [5.74, 6) is -4.92. The molecule has 0 bridgehead atoms. The minimum Gasteiger partial charge on any atom is -0.778 e. The Balaban J connectivity index is 0.000000324. The molecular formula is C33H37BrClF6N8O9PS2. The van der Waals surface area contributed by atoms with Crippen molar-refractivity contribution in [1.82, 2.24) is 34.7 Å². The molecule has 28 heteroatoms. The van der Waals surface area contributed by atoms with E-state index in [-0.39, 0.29) is 27.6 Å². The number of halogens is 8. The highest BCUT2D eigenvalue weighted by Crippen LogP contribution is 2.41. The maximum Gasteiger partial charge on any atom is 0.434 e. The number of aryl methyl sites for hydroxylation is 2. The molecule has 5 aromatic rings. The molecule has 0 amide bonds. The molecule has 0 spiro atoms. The second-order valence-electron chi connectivity index (χ2n) is 12.6. The largest absolute Gasteiger partial charge is 0.778 e. The lowest BCUT2D eigenvalue weighted by Gasteiger charge is -2.14. The zero-order valence-electron chi connectivity index (χ0n) is 32.8. The summed E-state index contributed by atoms with van der Waals surface area (Å²) >= 11 is 8.67. The summed E-state index contributed by atoms with van der Waals surface area (Å²) in [5.41, 5.74) is -2.02. The molecule has 4 N–H and O–H groups in total. The van der Waals surface area contributed by atoms with Crippen LogP contribution in [-0.2, 0) is 48.2 Å². The standard InChI is InChI=1S/C15H12BrClF4N2O2.C12H9F2N5O2S.C3H8NO5P.C3H9S/c1-6(2)25-14(24)7-4-8(10(18)5-9(7)17)12-11(16)13(15(19,20)21)23(3)22-12;1-7-5-6-19-11(15-7)16-12(17-19)22(20,21)18-10-8(13)3-2-4-9(10)14;5-3(6)1-4-2-10(7,8)9;1-4(2)3/h4-6H,1-3H3;2-6,18H,1H3;4H,1-2H2,(H,5,6)(H2,7,8,9);1-3H3/q;;;+1/p-1. The number of nitrogens with one attached hydrogen (secondary N) is 2. The first kappa shape index (κ1) is 52.8. The number of aromatic nitrogens is 6.